The van der Waals surface area contributed by atoms with Crippen LogP contribution >= 0.6 is 0 Å². The normalized spacial score (nSPS) is 10.6. The molecular formula is C18H23N. The number of aryl methyl sites for hydroxylation is 2. The summed E-state index contributed by atoms with van der Waals surface area (Å²) in [6.45, 7) is 6.32. The number of hydrogen-bond donors (Lipinski definition) is 1. The lowest BCUT2D eigenvalue weighted by molar-refractivity contribution is 0.686. The molecule has 0 aromatic heterocycles. The van der Waals surface area contributed by atoms with Gasteiger partial charge in [-0.15, -0.1) is 0 Å². The van der Waals surface area contributed by atoms with Gasteiger partial charge in [0.25, 0.3) is 0 Å². The van der Waals surface area contributed by atoms with Crippen molar-refractivity contribution in [3.05, 3.63) is 70.8 Å². The van der Waals surface area contributed by atoms with E-state index in [2.05, 4.69) is 67.7 Å². The van der Waals surface area contributed by atoms with Crippen LogP contribution in [0.15, 0.2) is 48.5 Å². The molecule has 0 saturated heterocycles. The predicted molar refractivity (Wildman–Crippen MR) is 82.4 cm³/mol. The van der Waals surface area contributed by atoms with Crippen LogP contribution < -0.4 is 5.32 Å². The number of hydrogen-bond acceptors (Lipinski definition) is 1. The Balaban J connectivity index is 1.74. The van der Waals surface area contributed by atoms with E-state index in [1.54, 1.807) is 0 Å². The minimum Gasteiger partial charge on any atom is -0.312 e. The Morgan fingerprint density at radius 2 is 1.63 bits per heavy atom. The van der Waals surface area contributed by atoms with Crippen LogP contribution in [0.1, 0.15) is 29.2 Å². The molecule has 2 rings (SSSR count). The van der Waals surface area contributed by atoms with Crippen LogP contribution in [0.4, 0.5) is 0 Å². The minimum absolute atomic E-state index is 0.954. The van der Waals surface area contributed by atoms with E-state index >= 15 is 0 Å². The molecule has 100 valence electrons. The average Bonchev–Trinajstić information content (AvgIpc) is 2.44. The summed E-state index contributed by atoms with van der Waals surface area (Å²) in [5.41, 5.74) is 5.52. The summed E-state index contributed by atoms with van der Waals surface area (Å²) in [6, 6.07) is 17.6. The maximum atomic E-state index is 3.51. The van der Waals surface area contributed by atoms with E-state index in [4.69, 9.17) is 0 Å². The van der Waals surface area contributed by atoms with Crippen molar-refractivity contribution in [2.24, 2.45) is 0 Å². The molecule has 0 radical (unpaired) electrons. The van der Waals surface area contributed by atoms with Crippen LogP contribution in [-0.2, 0) is 19.4 Å². The van der Waals surface area contributed by atoms with E-state index in [1.807, 2.05) is 0 Å². The third-order valence-corrected chi connectivity index (χ3v) is 3.43. The van der Waals surface area contributed by atoms with Crippen molar-refractivity contribution < 1.29 is 0 Å². The van der Waals surface area contributed by atoms with E-state index < -0.39 is 0 Å². The molecule has 2 aromatic rings. The highest BCUT2D eigenvalue weighted by Crippen LogP contribution is 2.06. The second kappa shape index (κ2) is 7.10. The maximum Gasteiger partial charge on any atom is 0.0205 e. The van der Waals surface area contributed by atoms with Gasteiger partial charge in [0.15, 0.2) is 0 Å². The van der Waals surface area contributed by atoms with Gasteiger partial charge in [-0.3, -0.25) is 0 Å². The Kier molecular flexibility index (Phi) is 5.17. The smallest absolute Gasteiger partial charge is 0.0205 e. The molecule has 1 heteroatoms. The zero-order chi connectivity index (χ0) is 13.5. The minimum atomic E-state index is 0.954. The third-order valence-electron chi connectivity index (χ3n) is 3.43. The van der Waals surface area contributed by atoms with Crippen molar-refractivity contribution in [3.8, 4) is 0 Å². The van der Waals surface area contributed by atoms with Crippen molar-refractivity contribution in [2.75, 3.05) is 6.54 Å². The molecule has 0 spiro atoms. The second-order valence-electron chi connectivity index (χ2n) is 5.09. The number of benzene rings is 2. The lowest BCUT2D eigenvalue weighted by atomic mass is 10.1. The van der Waals surface area contributed by atoms with Crippen LogP contribution in [0.5, 0.6) is 0 Å². The van der Waals surface area contributed by atoms with E-state index in [-0.39, 0.29) is 0 Å². The average molecular weight is 253 g/mol. The first-order valence-electron chi connectivity index (χ1n) is 7.12. The van der Waals surface area contributed by atoms with Crippen molar-refractivity contribution >= 4 is 0 Å². The third kappa shape index (κ3) is 4.53. The summed E-state index contributed by atoms with van der Waals surface area (Å²) in [4.78, 5) is 0. The van der Waals surface area contributed by atoms with E-state index in [0.29, 0.717) is 0 Å². The molecule has 0 saturated carbocycles. The largest absolute Gasteiger partial charge is 0.312 e. The molecule has 1 N–H and O–H groups in total. The summed E-state index contributed by atoms with van der Waals surface area (Å²) in [5, 5.41) is 3.51. The highest BCUT2D eigenvalue weighted by Gasteiger charge is 1.95. The van der Waals surface area contributed by atoms with Crippen LogP contribution in [0, 0.1) is 6.92 Å². The Labute approximate surface area is 116 Å². The molecule has 2 aromatic carbocycles. The first kappa shape index (κ1) is 13.8. The van der Waals surface area contributed by atoms with Gasteiger partial charge in [-0.05, 0) is 43.0 Å². The monoisotopic (exact) mass is 253 g/mol. The zero-order valence-electron chi connectivity index (χ0n) is 11.9. The molecule has 0 aliphatic carbocycles. The summed E-state index contributed by atoms with van der Waals surface area (Å²) in [7, 11) is 0. The first-order valence-corrected chi connectivity index (χ1v) is 7.12. The molecule has 0 amide bonds. The summed E-state index contributed by atoms with van der Waals surface area (Å²) >= 11 is 0. The van der Waals surface area contributed by atoms with Crippen LogP contribution in [0.2, 0.25) is 0 Å². The fourth-order valence-electron chi connectivity index (χ4n) is 2.23. The lowest BCUT2D eigenvalue weighted by Crippen LogP contribution is -2.16. The standard InChI is InChI=1S/C18H23N/c1-3-16-7-9-18(10-8-16)14-19-12-11-17-6-4-5-15(2)13-17/h4-10,13,19H,3,11-12,14H2,1-2H3. The Morgan fingerprint density at radius 3 is 2.32 bits per heavy atom. The molecule has 0 bridgehead atoms. The molecule has 0 aliphatic heterocycles. The van der Waals surface area contributed by atoms with Crippen molar-refractivity contribution in [2.45, 2.75) is 33.2 Å². The van der Waals surface area contributed by atoms with Gasteiger partial charge >= 0.3 is 0 Å². The quantitative estimate of drug-likeness (QED) is 0.770. The summed E-state index contributed by atoms with van der Waals surface area (Å²) in [6.07, 6.45) is 2.20. The van der Waals surface area contributed by atoms with Crippen LogP contribution in [0.25, 0.3) is 0 Å². The van der Waals surface area contributed by atoms with Gasteiger partial charge in [0.2, 0.25) is 0 Å². The number of nitrogens with one attached hydrogen (secondary N) is 1. The van der Waals surface area contributed by atoms with E-state index in [1.165, 1.54) is 22.3 Å². The van der Waals surface area contributed by atoms with E-state index in [9.17, 15) is 0 Å². The van der Waals surface area contributed by atoms with Crippen molar-refractivity contribution in [3.63, 3.8) is 0 Å². The van der Waals surface area contributed by atoms with Gasteiger partial charge in [0.1, 0.15) is 0 Å². The first-order chi connectivity index (χ1) is 9.28. The molecule has 19 heavy (non-hydrogen) atoms. The highest BCUT2D eigenvalue weighted by molar-refractivity contribution is 5.23. The Hall–Kier alpha value is -1.60. The van der Waals surface area contributed by atoms with Gasteiger partial charge in [0, 0.05) is 6.54 Å². The van der Waals surface area contributed by atoms with Gasteiger partial charge in [-0.1, -0.05) is 61.0 Å². The fourth-order valence-corrected chi connectivity index (χ4v) is 2.23. The van der Waals surface area contributed by atoms with Gasteiger partial charge in [0.05, 0.1) is 0 Å². The van der Waals surface area contributed by atoms with Gasteiger partial charge < -0.3 is 5.32 Å². The van der Waals surface area contributed by atoms with Gasteiger partial charge in [-0.25, -0.2) is 0 Å². The summed E-state index contributed by atoms with van der Waals surface area (Å²) in [5.74, 6) is 0. The predicted octanol–water partition coefficient (Wildman–Crippen LogP) is 3.89. The maximum absolute atomic E-state index is 3.51. The van der Waals surface area contributed by atoms with Crippen molar-refractivity contribution in [1.82, 2.24) is 5.32 Å². The SMILES string of the molecule is CCc1ccc(CNCCc2cccc(C)c2)cc1. The molecule has 0 atom stereocenters. The molecule has 0 unspecified atom stereocenters. The van der Waals surface area contributed by atoms with E-state index in [0.717, 1.165) is 25.9 Å². The topological polar surface area (TPSA) is 12.0 Å². The van der Waals surface area contributed by atoms with Gasteiger partial charge in [-0.2, -0.15) is 0 Å². The van der Waals surface area contributed by atoms with Crippen LogP contribution in [0.3, 0.4) is 0 Å². The van der Waals surface area contributed by atoms with Crippen molar-refractivity contribution in [1.29, 1.82) is 0 Å². The molecule has 0 heterocycles. The second-order valence-corrected chi connectivity index (χ2v) is 5.09. The molecular weight excluding hydrogens is 230 g/mol. The number of rotatable bonds is 6. The summed E-state index contributed by atoms with van der Waals surface area (Å²) < 4.78 is 0. The van der Waals surface area contributed by atoms with Crippen LogP contribution in [-0.4, -0.2) is 6.54 Å². The Bertz CT molecular complexity index is 499. The molecule has 0 fully saturated rings. The molecule has 1 nitrogen and oxygen atoms in total. The zero-order valence-corrected chi connectivity index (χ0v) is 11.9. The fraction of sp³-hybridized carbons (Fsp3) is 0.333. The highest BCUT2D eigenvalue weighted by atomic mass is 14.8. The molecule has 0 aliphatic rings. The lowest BCUT2D eigenvalue weighted by Gasteiger charge is -2.06. The Morgan fingerprint density at radius 1 is 0.895 bits per heavy atom.